The number of aryl methyl sites for hydroxylation is 4. The average molecular weight is 1390 g/mol. The number of amides is 8. The van der Waals surface area contributed by atoms with Crippen molar-refractivity contribution in [3.8, 4) is 0 Å². The van der Waals surface area contributed by atoms with Crippen LogP contribution in [0, 0.1) is 27.7 Å². The second-order valence-corrected chi connectivity index (χ2v) is 24.7. The van der Waals surface area contributed by atoms with Crippen molar-refractivity contribution in [2.24, 2.45) is 0 Å². The largest absolute Gasteiger partial charge is 0.459 e. The van der Waals surface area contributed by atoms with Gasteiger partial charge in [-0.15, -0.1) is 0 Å². The minimum absolute atomic E-state index is 0.00301. The Labute approximate surface area is 565 Å². The Hall–Kier alpha value is -11.0. The van der Waals surface area contributed by atoms with Crippen molar-refractivity contribution in [1.82, 2.24) is 80.7 Å². The Morgan fingerprint density at radius 1 is 0.404 bits per heavy atom. The van der Waals surface area contributed by atoms with Crippen LogP contribution in [0.15, 0.2) is 93.5 Å². The van der Waals surface area contributed by atoms with Crippen LogP contribution >= 0.6 is 0 Å². The number of rotatable bonds is 38. The highest BCUT2D eigenvalue weighted by Gasteiger charge is 2.27. The molecule has 0 unspecified atom stereocenters. The summed E-state index contributed by atoms with van der Waals surface area (Å²) >= 11 is 0. The lowest BCUT2D eigenvalue weighted by atomic mass is 10.1. The minimum Gasteiger partial charge on any atom is -0.459 e. The van der Waals surface area contributed by atoms with Gasteiger partial charge in [0.25, 0.3) is 22.2 Å². The molecule has 0 fully saturated rings. The monoisotopic (exact) mass is 1380 g/mol. The van der Waals surface area contributed by atoms with Crippen LogP contribution in [0.1, 0.15) is 126 Å². The van der Waals surface area contributed by atoms with Crippen LogP contribution in [0.25, 0.3) is 0 Å². The van der Waals surface area contributed by atoms with Crippen LogP contribution in [-0.4, -0.2) is 148 Å². The molecule has 0 saturated carbocycles. The molecule has 0 bridgehead atoms. The summed E-state index contributed by atoms with van der Waals surface area (Å²) in [6.07, 6.45) is 6.25. The van der Waals surface area contributed by atoms with Crippen LogP contribution in [-0.2, 0) is 80.6 Å². The van der Waals surface area contributed by atoms with Gasteiger partial charge in [-0.2, -0.15) is 0 Å². The summed E-state index contributed by atoms with van der Waals surface area (Å²) in [5.41, 5.74) is -5.45. The maximum atomic E-state index is 13.9. The third kappa shape index (κ3) is 27.5. The van der Waals surface area contributed by atoms with Crippen LogP contribution < -0.4 is 87.5 Å². The average Bonchev–Trinajstić information content (AvgIpc) is 0.875. The molecule has 35 nitrogen and oxygen atoms in total. The Balaban J connectivity index is 1.22. The van der Waals surface area contributed by atoms with Gasteiger partial charge in [-0.25, -0.2) is 28.8 Å². The van der Waals surface area contributed by atoms with E-state index in [2.05, 4.69) is 62.5 Å². The number of benzene rings is 1. The van der Waals surface area contributed by atoms with Crippen LogP contribution in [0.2, 0.25) is 0 Å². The van der Waals surface area contributed by atoms with Crippen molar-refractivity contribution in [3.63, 3.8) is 0 Å². The van der Waals surface area contributed by atoms with Crippen molar-refractivity contribution in [3.05, 3.63) is 166 Å². The third-order valence-electron chi connectivity index (χ3n) is 15.1. The number of aromatic nitrogens is 8. The van der Waals surface area contributed by atoms with Crippen LogP contribution in [0.4, 0.5) is 4.79 Å². The van der Waals surface area contributed by atoms with Gasteiger partial charge in [-0.05, 0) is 131 Å². The Bertz CT molecular complexity index is 4170. The van der Waals surface area contributed by atoms with Gasteiger partial charge in [-0.3, -0.25) is 90.9 Å². The summed E-state index contributed by atoms with van der Waals surface area (Å²) in [4.78, 5) is 227. The van der Waals surface area contributed by atoms with Gasteiger partial charge in [-0.1, -0.05) is 30.3 Å². The molecule has 99 heavy (non-hydrogen) atoms. The lowest BCUT2D eigenvalue weighted by molar-refractivity contribution is -0.149. The molecule has 0 spiro atoms. The predicted octanol–water partition coefficient (Wildman–Crippen LogP) is -2.34. The molecule has 0 aliphatic heterocycles. The van der Waals surface area contributed by atoms with Crippen molar-refractivity contribution >= 4 is 53.4 Å². The van der Waals surface area contributed by atoms with Gasteiger partial charge in [0.1, 0.15) is 62.6 Å². The number of H-pyrrole nitrogens is 4. The molecule has 4 atom stereocenters. The van der Waals surface area contributed by atoms with Crippen molar-refractivity contribution in [1.29, 1.82) is 0 Å². The normalized spacial score (nSPS) is 12.4. The fraction of sp³-hybridized carbons (Fsp3) is 0.516. The molecule has 1 aromatic carbocycles. The highest BCUT2D eigenvalue weighted by molar-refractivity contribution is 5.89. The number of carbonyl (C=O) groups excluding carboxylic acids is 9. The summed E-state index contributed by atoms with van der Waals surface area (Å²) in [5.74, 6) is -5.70. The number of hydrogen-bond acceptors (Lipinski definition) is 19. The molecule has 4 heterocycles. The molecule has 12 N–H and O–H groups in total. The van der Waals surface area contributed by atoms with Crippen LogP contribution in [0.5, 0.6) is 0 Å². The number of hydrogen-bond donors (Lipinski definition) is 12. The fourth-order valence-corrected chi connectivity index (χ4v) is 9.81. The number of aromatic amines is 4. The van der Waals surface area contributed by atoms with Gasteiger partial charge in [0.2, 0.25) is 41.4 Å². The van der Waals surface area contributed by atoms with Gasteiger partial charge in [0.15, 0.2) is 0 Å². The second kappa shape index (κ2) is 38.6. The molecule has 4 aromatic heterocycles. The van der Waals surface area contributed by atoms with Crippen molar-refractivity contribution in [2.75, 3.05) is 26.2 Å². The van der Waals surface area contributed by atoms with E-state index in [0.717, 1.165) is 18.3 Å². The van der Waals surface area contributed by atoms with E-state index in [9.17, 15) is 81.5 Å². The Morgan fingerprint density at radius 2 is 0.687 bits per heavy atom. The number of unbranched alkanes of at least 4 members (excludes halogenated alkanes) is 4. The summed E-state index contributed by atoms with van der Waals surface area (Å²) < 4.78 is 14.6. The maximum absolute atomic E-state index is 13.9. The zero-order valence-corrected chi connectivity index (χ0v) is 56.4. The number of ether oxygens (including phenoxy) is 2. The predicted molar refractivity (Wildman–Crippen MR) is 357 cm³/mol. The van der Waals surface area contributed by atoms with Gasteiger partial charge in [0.05, 0.1) is 0 Å². The van der Waals surface area contributed by atoms with Crippen molar-refractivity contribution < 1.29 is 52.6 Å². The number of esters is 1. The number of nitrogens with zero attached hydrogens (tertiary/aromatic N) is 4. The van der Waals surface area contributed by atoms with E-state index in [1.807, 2.05) is 0 Å². The van der Waals surface area contributed by atoms with Gasteiger partial charge in [0, 0.05) is 73.2 Å². The highest BCUT2D eigenvalue weighted by atomic mass is 16.6. The summed E-state index contributed by atoms with van der Waals surface area (Å²) in [5, 5.41) is 21.4. The lowest BCUT2D eigenvalue weighted by Gasteiger charge is -2.21. The Morgan fingerprint density at radius 3 is 0.990 bits per heavy atom. The molecule has 0 aliphatic rings. The number of carbonyl (C=O) groups is 9. The molecule has 0 saturated heterocycles. The van der Waals surface area contributed by atoms with E-state index < -0.39 is 154 Å². The zero-order valence-electron chi connectivity index (χ0n) is 56.4. The first-order valence-corrected chi connectivity index (χ1v) is 32.3. The van der Waals surface area contributed by atoms with E-state index in [1.165, 1.54) is 52.5 Å². The first kappa shape index (κ1) is 78.7. The SMILES string of the molecule is Cc1cn(CC(=O)N[C@@H](CCCCNC(=O)OC(C)(C)C)C(=O)NCCCC[C@H](NC(=O)Cn2cc(C)c(=O)[nH]c2=O)C(=O)NCCCC[C@H](NC(=O)Cn2cc(C)c(=O)[nH]c2=O)C(=O)NCCCC[C@H](NC(=O)Cn2cc(C)c(=O)[nH]c2=O)C(=O)OCc2ccccc2)c(=O)[nH]c1=O. The quantitative estimate of drug-likeness (QED) is 0.0145. The molecule has 0 aliphatic carbocycles. The number of alkyl carbamates (subject to hydrolysis) is 1. The summed E-state index contributed by atoms with van der Waals surface area (Å²) in [6.45, 7) is 8.71. The molecule has 35 heteroatoms. The van der Waals surface area contributed by atoms with Crippen molar-refractivity contribution in [2.45, 2.75) is 188 Å². The Kier molecular flexibility index (Phi) is 30.7. The zero-order chi connectivity index (χ0) is 72.9. The van der Waals surface area contributed by atoms with E-state index in [-0.39, 0.29) is 119 Å². The first-order chi connectivity index (χ1) is 46.8. The van der Waals surface area contributed by atoms with E-state index >= 15 is 0 Å². The molecule has 0 radical (unpaired) electrons. The molecule has 5 rings (SSSR count). The smallest absolute Gasteiger partial charge is 0.407 e. The summed E-state index contributed by atoms with van der Waals surface area (Å²) in [6, 6.07) is 3.98. The topological polar surface area (TPSA) is 488 Å². The van der Waals surface area contributed by atoms with E-state index in [0.29, 0.717) is 18.4 Å². The highest BCUT2D eigenvalue weighted by Crippen LogP contribution is 2.11. The molecule has 538 valence electrons. The first-order valence-electron chi connectivity index (χ1n) is 32.3. The summed E-state index contributed by atoms with van der Waals surface area (Å²) in [7, 11) is 0. The third-order valence-corrected chi connectivity index (χ3v) is 15.1. The van der Waals surface area contributed by atoms with E-state index in [4.69, 9.17) is 9.47 Å². The fourth-order valence-electron chi connectivity index (χ4n) is 9.81. The maximum Gasteiger partial charge on any atom is 0.407 e. The minimum atomic E-state index is -1.23. The van der Waals surface area contributed by atoms with Crippen LogP contribution in [0.3, 0.4) is 0 Å². The van der Waals surface area contributed by atoms with E-state index in [1.54, 1.807) is 51.1 Å². The van der Waals surface area contributed by atoms with Gasteiger partial charge < -0.3 is 52.0 Å². The molecular weight excluding hydrogens is 1300 g/mol. The number of nitrogens with one attached hydrogen (secondary N) is 12. The lowest BCUT2D eigenvalue weighted by Crippen LogP contribution is -2.49. The molecule has 5 aromatic rings. The van der Waals surface area contributed by atoms with Gasteiger partial charge >= 0.3 is 34.8 Å². The standard InChI is InChI=1S/C64H88N16O19/c1-38-29-77(59(93)73-51(38)85)33-47(81)69-43(21-11-16-26-66-57(91)45(23-13-18-28-68-63(97)99-64(5,6)7)71-49(83)35-79-31-40(3)53(87)75-61(79)95)55(89)65-25-15-12-22-44(70-48(82)34-78-30-39(2)52(86)74-60(78)94)56(90)67-27-17-14-24-46(58(92)98-37-42-19-9-8-10-20-42)72-50(84)36-80-32-41(4)54(88)76-62(80)96/h8-10,19-20,29-32,43-46H,11-18,21-28,33-37H2,1-7H3,(H,65,89)(H,66,91)(H,67,90)(H,68,97)(H,69,81)(H,70,82)(H,71,83)(H,72,84)(H,73,85,93)(H,74,86,94)(H,75,87,95)(H,76,88,96)/t43-,44-,45-,46-/m0/s1. The molecule has 8 amide bonds. The second-order valence-electron chi connectivity index (χ2n) is 24.7. The molecular formula is C64H88N16O19.